The minimum atomic E-state index is 0. The van der Waals surface area contributed by atoms with E-state index in [0.29, 0.717) is 0 Å². The summed E-state index contributed by atoms with van der Waals surface area (Å²) < 4.78 is 0. The van der Waals surface area contributed by atoms with Gasteiger partial charge in [0.25, 0.3) is 0 Å². The van der Waals surface area contributed by atoms with Crippen LogP contribution in [-0.4, -0.2) is 19.0 Å². The highest BCUT2D eigenvalue weighted by molar-refractivity contribution is 4.76. The summed E-state index contributed by atoms with van der Waals surface area (Å²) in [6.07, 6.45) is 5.30. The quantitative estimate of drug-likeness (QED) is 0.609. The average Bonchev–Trinajstić information content (AvgIpc) is 2.08. The lowest BCUT2D eigenvalue weighted by molar-refractivity contribution is 0.561. The Balaban J connectivity index is -0.0000000560. The molecule has 0 unspecified atom stereocenters. The zero-order valence-electron chi connectivity index (χ0n) is 9.31. The molecule has 0 fully saturated rings. The van der Waals surface area contributed by atoms with Gasteiger partial charge in [-0.15, -0.1) is 0 Å². The molecular formula is C11H29N. The van der Waals surface area contributed by atoms with Gasteiger partial charge in [0.2, 0.25) is 0 Å². The molecule has 0 N–H and O–H groups in total. The first-order valence-corrected chi connectivity index (χ1v) is 4.60. The molecule has 1 nitrogen and oxygen atoms in total. The number of hydrogen-bond acceptors (Lipinski definition) is 1. The maximum atomic E-state index is 2.12. The van der Waals surface area contributed by atoms with Crippen LogP contribution in [0, 0.1) is 0 Å². The summed E-state index contributed by atoms with van der Waals surface area (Å²) in [5.74, 6) is 0. The number of hydrogen-bond donors (Lipinski definition) is 0. The Kier molecular flexibility index (Phi) is 58.7. The Morgan fingerprint density at radius 3 is 1.42 bits per heavy atom. The van der Waals surface area contributed by atoms with Crippen LogP contribution in [0.3, 0.4) is 0 Å². The largest absolute Gasteiger partial charge is 0.384 e. The van der Waals surface area contributed by atoms with Crippen molar-refractivity contribution in [3.05, 3.63) is 12.3 Å². The van der Waals surface area contributed by atoms with Crippen molar-refractivity contribution in [3.8, 4) is 0 Å². The molecule has 0 amide bonds. The molecule has 0 spiro atoms. The lowest BCUT2D eigenvalue weighted by Crippen LogP contribution is -1.99. The molecule has 78 valence electrons. The Bertz CT molecular complexity index is 56.0. The molecule has 0 saturated carbocycles. The van der Waals surface area contributed by atoms with Crippen molar-refractivity contribution in [1.29, 1.82) is 0 Å². The van der Waals surface area contributed by atoms with Crippen molar-refractivity contribution >= 4 is 0 Å². The smallest absolute Gasteiger partial charge is 0.00555 e. The SMILES string of the molecule is C.CC.CC.CC/C=C\N(C)C. The van der Waals surface area contributed by atoms with E-state index in [1.165, 1.54) is 0 Å². The summed E-state index contributed by atoms with van der Waals surface area (Å²) in [7, 11) is 4.04. The average molecular weight is 175 g/mol. The molecule has 0 bridgehead atoms. The van der Waals surface area contributed by atoms with E-state index >= 15 is 0 Å². The van der Waals surface area contributed by atoms with Crippen molar-refractivity contribution in [2.45, 2.75) is 48.5 Å². The van der Waals surface area contributed by atoms with Gasteiger partial charge in [-0.2, -0.15) is 0 Å². The van der Waals surface area contributed by atoms with E-state index in [0.717, 1.165) is 6.42 Å². The molecule has 0 aliphatic rings. The molecule has 0 aliphatic carbocycles. The number of allylic oxidation sites excluding steroid dienone is 1. The molecule has 0 rings (SSSR count). The molecule has 0 saturated heterocycles. The molecule has 0 radical (unpaired) electrons. The highest BCUT2D eigenvalue weighted by atomic mass is 15.0. The molecule has 0 aromatic rings. The van der Waals surface area contributed by atoms with Gasteiger partial charge < -0.3 is 4.90 Å². The van der Waals surface area contributed by atoms with E-state index in [-0.39, 0.29) is 7.43 Å². The van der Waals surface area contributed by atoms with Gasteiger partial charge in [-0.3, -0.25) is 0 Å². The summed E-state index contributed by atoms with van der Waals surface area (Å²) in [6, 6.07) is 0. The van der Waals surface area contributed by atoms with Gasteiger partial charge >= 0.3 is 0 Å². The van der Waals surface area contributed by atoms with Crippen molar-refractivity contribution in [2.75, 3.05) is 14.1 Å². The van der Waals surface area contributed by atoms with Crippen molar-refractivity contribution in [3.63, 3.8) is 0 Å². The van der Waals surface area contributed by atoms with Gasteiger partial charge in [0.15, 0.2) is 0 Å². The third-order valence-electron chi connectivity index (χ3n) is 0.639. The van der Waals surface area contributed by atoms with Crippen LogP contribution in [0.25, 0.3) is 0 Å². The van der Waals surface area contributed by atoms with E-state index in [1.54, 1.807) is 0 Å². The number of nitrogens with zero attached hydrogens (tertiary/aromatic N) is 1. The van der Waals surface area contributed by atoms with Crippen LogP contribution in [0.4, 0.5) is 0 Å². The summed E-state index contributed by atoms with van der Waals surface area (Å²) >= 11 is 0. The Morgan fingerprint density at radius 2 is 1.33 bits per heavy atom. The van der Waals surface area contributed by atoms with Crippen LogP contribution in [-0.2, 0) is 0 Å². The Morgan fingerprint density at radius 1 is 1.00 bits per heavy atom. The number of rotatable bonds is 2. The standard InChI is InChI=1S/C6H13N.2C2H6.CH4/c1-4-5-6-7(2)3;2*1-2;/h5-6H,4H2,1-3H3;2*1-2H3;1H4/b6-5-;;;. The fourth-order valence-corrected chi connectivity index (χ4v) is 0.316. The normalized spacial score (nSPS) is 6.92. The summed E-state index contributed by atoms with van der Waals surface area (Å²) in [5, 5.41) is 0. The van der Waals surface area contributed by atoms with Crippen molar-refractivity contribution < 1.29 is 0 Å². The second-order valence-corrected chi connectivity index (χ2v) is 1.76. The molecule has 0 aromatic heterocycles. The van der Waals surface area contributed by atoms with E-state index in [9.17, 15) is 0 Å². The van der Waals surface area contributed by atoms with Gasteiger partial charge in [0.05, 0.1) is 0 Å². The third-order valence-corrected chi connectivity index (χ3v) is 0.639. The van der Waals surface area contributed by atoms with E-state index in [2.05, 4.69) is 19.2 Å². The lowest BCUT2D eigenvalue weighted by Gasteiger charge is -2.00. The van der Waals surface area contributed by atoms with Crippen LogP contribution >= 0.6 is 0 Å². The zero-order chi connectivity index (χ0) is 9.70. The predicted molar refractivity (Wildman–Crippen MR) is 62.5 cm³/mol. The molecular weight excluding hydrogens is 146 g/mol. The summed E-state index contributed by atoms with van der Waals surface area (Å²) in [6.45, 7) is 10.1. The predicted octanol–water partition coefficient (Wildman–Crippen LogP) is 4.16. The van der Waals surface area contributed by atoms with Gasteiger partial charge in [0.1, 0.15) is 0 Å². The molecule has 0 aromatic carbocycles. The Labute approximate surface area is 80.5 Å². The Hall–Kier alpha value is -0.460. The third kappa shape index (κ3) is 55.5. The van der Waals surface area contributed by atoms with E-state index in [1.807, 2.05) is 46.7 Å². The van der Waals surface area contributed by atoms with Crippen molar-refractivity contribution in [1.82, 2.24) is 4.90 Å². The van der Waals surface area contributed by atoms with Gasteiger partial charge in [-0.1, -0.05) is 48.1 Å². The first-order chi connectivity index (χ1) is 5.27. The van der Waals surface area contributed by atoms with E-state index in [4.69, 9.17) is 0 Å². The molecule has 1 heteroatoms. The zero-order valence-corrected chi connectivity index (χ0v) is 9.31. The van der Waals surface area contributed by atoms with Crippen LogP contribution in [0.5, 0.6) is 0 Å². The summed E-state index contributed by atoms with van der Waals surface area (Å²) in [5.41, 5.74) is 0. The van der Waals surface area contributed by atoms with E-state index < -0.39 is 0 Å². The van der Waals surface area contributed by atoms with Gasteiger partial charge in [-0.05, 0) is 12.6 Å². The van der Waals surface area contributed by atoms with Crippen LogP contribution < -0.4 is 0 Å². The summed E-state index contributed by atoms with van der Waals surface area (Å²) in [4.78, 5) is 2.03. The van der Waals surface area contributed by atoms with Gasteiger partial charge in [-0.25, -0.2) is 0 Å². The van der Waals surface area contributed by atoms with Crippen molar-refractivity contribution in [2.24, 2.45) is 0 Å². The topological polar surface area (TPSA) is 3.24 Å². The second kappa shape index (κ2) is 31.3. The maximum absolute atomic E-state index is 2.12. The van der Waals surface area contributed by atoms with Crippen LogP contribution in [0.15, 0.2) is 12.3 Å². The maximum Gasteiger partial charge on any atom is 0.00555 e. The monoisotopic (exact) mass is 175 g/mol. The highest BCUT2D eigenvalue weighted by Crippen LogP contribution is 1.80. The van der Waals surface area contributed by atoms with Crippen LogP contribution in [0.2, 0.25) is 0 Å². The fourth-order valence-electron chi connectivity index (χ4n) is 0.316. The van der Waals surface area contributed by atoms with Gasteiger partial charge in [0, 0.05) is 14.1 Å². The minimum Gasteiger partial charge on any atom is -0.384 e. The lowest BCUT2D eigenvalue weighted by atomic mass is 10.5. The second-order valence-electron chi connectivity index (χ2n) is 1.76. The highest BCUT2D eigenvalue weighted by Gasteiger charge is 1.69. The first kappa shape index (κ1) is 22.5. The molecule has 0 heterocycles. The molecule has 12 heavy (non-hydrogen) atoms. The first-order valence-electron chi connectivity index (χ1n) is 4.60. The molecule has 0 aliphatic heterocycles. The van der Waals surface area contributed by atoms with Crippen LogP contribution in [0.1, 0.15) is 48.5 Å². The molecule has 0 atom stereocenters. The minimum absolute atomic E-state index is 0. The fraction of sp³-hybridized carbons (Fsp3) is 0.818.